The average Bonchev–Trinajstić information content (AvgIpc) is 2.78. The zero-order valence-electron chi connectivity index (χ0n) is 15.2. The van der Waals surface area contributed by atoms with Crippen LogP contribution in [0.4, 0.5) is 9.18 Å². The average molecular weight is 351 g/mol. The molecule has 1 aromatic carbocycles. The number of carbonyl (C=O) groups is 1. The highest BCUT2D eigenvalue weighted by atomic mass is 19.1. The Bertz CT molecular complexity index is 656. The fourth-order valence-electron chi connectivity index (χ4n) is 4.06. The lowest BCUT2D eigenvalue weighted by Crippen LogP contribution is -2.53. The number of carbonyl (C=O) groups excluding carboxylic acids is 1. The summed E-state index contributed by atoms with van der Waals surface area (Å²) in [5.41, 5.74) is -1.57. The number of nitrogens with zero attached hydrogens (tertiary/aromatic N) is 1. The molecule has 6 heteroatoms. The third kappa shape index (κ3) is 3.45. The van der Waals surface area contributed by atoms with Gasteiger partial charge in [-0.05, 0) is 45.7 Å². The molecule has 2 saturated heterocycles. The summed E-state index contributed by atoms with van der Waals surface area (Å²) in [6.07, 6.45) is 1.86. The van der Waals surface area contributed by atoms with E-state index in [9.17, 15) is 14.3 Å². The van der Waals surface area contributed by atoms with Crippen molar-refractivity contribution in [1.82, 2.24) is 4.90 Å². The summed E-state index contributed by atoms with van der Waals surface area (Å²) in [6, 6.07) is 4.24. The van der Waals surface area contributed by atoms with Gasteiger partial charge >= 0.3 is 6.09 Å². The number of aliphatic hydroxyl groups is 1. The second-order valence-electron chi connectivity index (χ2n) is 8.06. The molecule has 2 heterocycles. The van der Waals surface area contributed by atoms with Gasteiger partial charge in [-0.1, -0.05) is 0 Å². The number of halogens is 1. The van der Waals surface area contributed by atoms with Gasteiger partial charge in [0.25, 0.3) is 0 Å². The lowest BCUT2D eigenvalue weighted by molar-refractivity contribution is -0.0640. The van der Waals surface area contributed by atoms with E-state index in [1.807, 2.05) is 20.8 Å². The Kier molecular flexibility index (Phi) is 4.43. The Morgan fingerprint density at radius 3 is 2.36 bits per heavy atom. The van der Waals surface area contributed by atoms with Gasteiger partial charge in [0, 0.05) is 36.6 Å². The Labute approximate surface area is 147 Å². The van der Waals surface area contributed by atoms with Gasteiger partial charge in [-0.15, -0.1) is 0 Å². The lowest BCUT2D eigenvalue weighted by atomic mass is 9.80. The molecule has 0 aliphatic carbocycles. The first-order valence-electron chi connectivity index (χ1n) is 8.71. The van der Waals surface area contributed by atoms with Gasteiger partial charge in [-0.25, -0.2) is 9.18 Å². The molecule has 2 unspecified atom stereocenters. The number of rotatable bonds is 2. The summed E-state index contributed by atoms with van der Waals surface area (Å²) in [5, 5.41) is 11.1. The van der Waals surface area contributed by atoms with Crippen LogP contribution in [-0.4, -0.2) is 40.9 Å². The van der Waals surface area contributed by atoms with Crippen molar-refractivity contribution >= 4 is 6.09 Å². The number of methoxy groups -OCH3 is 1. The smallest absolute Gasteiger partial charge is 0.410 e. The summed E-state index contributed by atoms with van der Waals surface area (Å²) in [5.74, 6) is -0.0639. The first kappa shape index (κ1) is 18.0. The third-order valence-electron chi connectivity index (χ3n) is 5.05. The number of hydrogen-bond acceptors (Lipinski definition) is 4. The number of amides is 1. The molecule has 25 heavy (non-hydrogen) atoms. The van der Waals surface area contributed by atoms with Crippen molar-refractivity contribution in [1.29, 1.82) is 0 Å². The van der Waals surface area contributed by atoms with E-state index in [1.165, 1.54) is 13.2 Å². The molecular formula is C19H26FNO4. The number of piperidine rings is 1. The Hall–Kier alpha value is -1.82. The molecular weight excluding hydrogens is 325 g/mol. The summed E-state index contributed by atoms with van der Waals surface area (Å²) in [6.45, 7) is 5.50. The number of fused-ring (bicyclic) bond motifs is 2. The molecule has 2 atom stereocenters. The first-order chi connectivity index (χ1) is 11.6. The zero-order chi connectivity index (χ0) is 18.4. The molecule has 2 bridgehead atoms. The van der Waals surface area contributed by atoms with Gasteiger partial charge in [0.1, 0.15) is 17.2 Å². The van der Waals surface area contributed by atoms with E-state index in [-0.39, 0.29) is 23.7 Å². The SMILES string of the molecule is COc1ccc(C2(O)CC3CCC(C2)N3C(=O)OC(C)(C)C)c(F)c1. The minimum absolute atomic E-state index is 0.139. The maximum atomic E-state index is 14.5. The summed E-state index contributed by atoms with van der Waals surface area (Å²) in [4.78, 5) is 14.2. The number of hydrogen-bond donors (Lipinski definition) is 1. The molecule has 5 nitrogen and oxygen atoms in total. The number of ether oxygens (including phenoxy) is 2. The van der Waals surface area contributed by atoms with E-state index in [0.717, 1.165) is 12.8 Å². The number of benzene rings is 1. The van der Waals surface area contributed by atoms with Crippen LogP contribution in [-0.2, 0) is 10.3 Å². The maximum Gasteiger partial charge on any atom is 0.410 e. The highest BCUT2D eigenvalue weighted by Gasteiger charge is 2.51. The molecule has 138 valence electrons. The predicted molar refractivity (Wildman–Crippen MR) is 91.0 cm³/mol. The van der Waals surface area contributed by atoms with Gasteiger partial charge in [0.05, 0.1) is 12.7 Å². The van der Waals surface area contributed by atoms with Crippen molar-refractivity contribution in [2.75, 3.05) is 7.11 Å². The normalized spacial score (nSPS) is 28.8. The van der Waals surface area contributed by atoms with Crippen LogP contribution >= 0.6 is 0 Å². The quantitative estimate of drug-likeness (QED) is 0.885. The first-order valence-corrected chi connectivity index (χ1v) is 8.71. The monoisotopic (exact) mass is 351 g/mol. The summed E-state index contributed by atoms with van der Waals surface area (Å²) in [7, 11) is 1.47. The van der Waals surface area contributed by atoms with Gasteiger partial charge in [-0.2, -0.15) is 0 Å². The second kappa shape index (κ2) is 6.16. The second-order valence-corrected chi connectivity index (χ2v) is 8.06. The zero-order valence-corrected chi connectivity index (χ0v) is 15.2. The van der Waals surface area contributed by atoms with Crippen LogP contribution in [0.2, 0.25) is 0 Å². The van der Waals surface area contributed by atoms with E-state index in [0.29, 0.717) is 18.6 Å². The Morgan fingerprint density at radius 1 is 1.28 bits per heavy atom. The Morgan fingerprint density at radius 2 is 1.88 bits per heavy atom. The maximum absolute atomic E-state index is 14.5. The van der Waals surface area contributed by atoms with Crippen LogP contribution < -0.4 is 4.74 Å². The van der Waals surface area contributed by atoms with Crippen LogP contribution in [0, 0.1) is 5.82 Å². The molecule has 0 saturated carbocycles. The standard InChI is InChI=1S/C19H26FNO4/c1-18(2,3)25-17(22)21-12-5-6-13(21)11-19(23,10-12)15-8-7-14(24-4)9-16(15)20/h7-9,12-13,23H,5-6,10-11H2,1-4H3. The van der Waals surface area contributed by atoms with Crippen LogP contribution in [0.1, 0.15) is 52.0 Å². The van der Waals surface area contributed by atoms with Crippen molar-refractivity contribution in [3.8, 4) is 5.75 Å². The van der Waals surface area contributed by atoms with Gasteiger partial charge in [0.2, 0.25) is 0 Å². The van der Waals surface area contributed by atoms with Gasteiger partial charge < -0.3 is 19.5 Å². The highest BCUT2D eigenvalue weighted by Crippen LogP contribution is 2.47. The van der Waals surface area contributed by atoms with Crippen molar-refractivity contribution in [3.05, 3.63) is 29.6 Å². The van der Waals surface area contributed by atoms with E-state index >= 15 is 0 Å². The van der Waals surface area contributed by atoms with Crippen molar-refractivity contribution in [2.45, 2.75) is 69.7 Å². The van der Waals surface area contributed by atoms with E-state index in [1.54, 1.807) is 17.0 Å². The summed E-state index contributed by atoms with van der Waals surface area (Å²) < 4.78 is 25.0. The van der Waals surface area contributed by atoms with Crippen LogP contribution in [0.15, 0.2) is 18.2 Å². The lowest BCUT2D eigenvalue weighted by Gasteiger charge is -2.44. The molecule has 1 N–H and O–H groups in total. The Balaban J connectivity index is 1.82. The molecule has 3 rings (SSSR count). The van der Waals surface area contributed by atoms with Crippen molar-refractivity contribution < 1.29 is 23.8 Å². The fraction of sp³-hybridized carbons (Fsp3) is 0.632. The van der Waals surface area contributed by atoms with Gasteiger partial charge in [0.15, 0.2) is 0 Å². The van der Waals surface area contributed by atoms with E-state index < -0.39 is 17.0 Å². The molecule has 0 aromatic heterocycles. The van der Waals surface area contributed by atoms with Crippen molar-refractivity contribution in [2.24, 2.45) is 0 Å². The minimum atomic E-state index is -1.28. The van der Waals surface area contributed by atoms with Gasteiger partial charge in [-0.3, -0.25) is 0 Å². The molecule has 1 aromatic rings. The molecule has 0 spiro atoms. The molecule has 2 aliphatic heterocycles. The molecule has 0 radical (unpaired) electrons. The molecule has 2 aliphatic rings. The van der Waals surface area contributed by atoms with E-state index in [4.69, 9.17) is 9.47 Å². The predicted octanol–water partition coefficient (Wildman–Crippen LogP) is 3.58. The minimum Gasteiger partial charge on any atom is -0.497 e. The van der Waals surface area contributed by atoms with Crippen molar-refractivity contribution in [3.63, 3.8) is 0 Å². The highest BCUT2D eigenvalue weighted by molar-refractivity contribution is 5.69. The topological polar surface area (TPSA) is 59.0 Å². The fourth-order valence-corrected chi connectivity index (χ4v) is 4.06. The van der Waals surface area contributed by atoms with E-state index in [2.05, 4.69) is 0 Å². The van der Waals surface area contributed by atoms with Crippen LogP contribution in [0.3, 0.4) is 0 Å². The third-order valence-corrected chi connectivity index (χ3v) is 5.05. The van der Waals surface area contributed by atoms with Crippen LogP contribution in [0.25, 0.3) is 0 Å². The van der Waals surface area contributed by atoms with Crippen LogP contribution in [0.5, 0.6) is 5.75 Å². The summed E-state index contributed by atoms with van der Waals surface area (Å²) >= 11 is 0. The molecule has 1 amide bonds. The largest absolute Gasteiger partial charge is 0.497 e. The molecule has 2 fully saturated rings.